The van der Waals surface area contributed by atoms with Crippen molar-refractivity contribution in [3.63, 3.8) is 0 Å². The number of nitrogens with one attached hydrogen (secondary N) is 1. The third-order valence-electron chi connectivity index (χ3n) is 3.07. The normalized spacial score (nSPS) is 10.7. The topological polar surface area (TPSA) is 50.2 Å². The number of rotatable bonds is 8. The summed E-state index contributed by atoms with van der Waals surface area (Å²) in [6, 6.07) is 2.10. The first-order chi connectivity index (χ1) is 9.00. The molecule has 0 fully saturated rings. The summed E-state index contributed by atoms with van der Waals surface area (Å²) in [6.45, 7) is 6.91. The van der Waals surface area contributed by atoms with Gasteiger partial charge in [-0.25, -0.2) is 0 Å². The molecule has 0 bridgehead atoms. The lowest BCUT2D eigenvalue weighted by molar-refractivity contribution is -0.128. The Bertz CT molecular complexity index is 398. The number of amides is 1. The van der Waals surface area contributed by atoms with Gasteiger partial charge in [-0.15, -0.1) is 0 Å². The lowest BCUT2D eigenvalue weighted by Gasteiger charge is -2.10. The van der Waals surface area contributed by atoms with Crippen molar-refractivity contribution in [2.45, 2.75) is 39.7 Å². The van der Waals surface area contributed by atoms with E-state index in [1.54, 1.807) is 19.0 Å². The van der Waals surface area contributed by atoms with Crippen LogP contribution in [0.3, 0.4) is 0 Å². The minimum atomic E-state index is 0.199. The fourth-order valence-corrected chi connectivity index (χ4v) is 1.97. The molecule has 0 saturated carbocycles. The second-order valence-corrected chi connectivity index (χ2v) is 5.15. The SMILES string of the molecule is Cc1cc(C)n(CCCNCCCC(=O)N(C)C)n1. The van der Waals surface area contributed by atoms with Crippen molar-refractivity contribution in [3.05, 3.63) is 17.5 Å². The standard InChI is InChI=1S/C14H26N4O/c1-12-11-13(2)18(16-12)10-6-9-15-8-5-7-14(19)17(3)4/h11,15H,5-10H2,1-4H3. The van der Waals surface area contributed by atoms with Crippen LogP contribution < -0.4 is 5.32 Å². The first kappa shape index (κ1) is 15.7. The molecule has 0 aromatic carbocycles. The summed E-state index contributed by atoms with van der Waals surface area (Å²) in [7, 11) is 3.59. The zero-order valence-electron chi connectivity index (χ0n) is 12.6. The number of aromatic nitrogens is 2. The van der Waals surface area contributed by atoms with Gasteiger partial charge in [0.25, 0.3) is 0 Å². The van der Waals surface area contributed by atoms with Crippen LogP contribution in [-0.4, -0.2) is 47.8 Å². The van der Waals surface area contributed by atoms with Gasteiger partial charge in [-0.3, -0.25) is 9.48 Å². The Morgan fingerprint density at radius 1 is 1.32 bits per heavy atom. The molecular weight excluding hydrogens is 240 g/mol. The summed E-state index contributed by atoms with van der Waals surface area (Å²) in [5, 5.41) is 7.79. The predicted molar refractivity (Wildman–Crippen MR) is 77.1 cm³/mol. The maximum absolute atomic E-state index is 11.3. The highest BCUT2D eigenvalue weighted by atomic mass is 16.2. The molecule has 0 aliphatic carbocycles. The number of carbonyl (C=O) groups excluding carboxylic acids is 1. The molecule has 0 atom stereocenters. The van der Waals surface area contributed by atoms with Gasteiger partial charge in [-0.2, -0.15) is 5.10 Å². The van der Waals surface area contributed by atoms with E-state index in [2.05, 4.69) is 23.4 Å². The van der Waals surface area contributed by atoms with E-state index in [1.807, 2.05) is 11.6 Å². The molecule has 5 nitrogen and oxygen atoms in total. The third kappa shape index (κ3) is 5.87. The number of aryl methyl sites for hydroxylation is 3. The van der Waals surface area contributed by atoms with Gasteiger partial charge < -0.3 is 10.2 Å². The highest BCUT2D eigenvalue weighted by Gasteiger charge is 2.02. The number of hydrogen-bond acceptors (Lipinski definition) is 3. The summed E-state index contributed by atoms with van der Waals surface area (Å²) in [4.78, 5) is 13.0. The van der Waals surface area contributed by atoms with Crippen molar-refractivity contribution in [2.75, 3.05) is 27.2 Å². The van der Waals surface area contributed by atoms with Gasteiger partial charge in [-0.1, -0.05) is 0 Å². The third-order valence-corrected chi connectivity index (χ3v) is 3.07. The Morgan fingerprint density at radius 2 is 2.00 bits per heavy atom. The Morgan fingerprint density at radius 3 is 2.58 bits per heavy atom. The summed E-state index contributed by atoms with van der Waals surface area (Å²) >= 11 is 0. The maximum atomic E-state index is 11.3. The molecule has 1 heterocycles. The molecule has 0 saturated heterocycles. The minimum absolute atomic E-state index is 0.199. The van der Waals surface area contributed by atoms with Crippen molar-refractivity contribution in [2.24, 2.45) is 0 Å². The van der Waals surface area contributed by atoms with Crippen molar-refractivity contribution in [1.29, 1.82) is 0 Å². The number of hydrogen-bond donors (Lipinski definition) is 1. The molecule has 0 unspecified atom stereocenters. The number of nitrogens with zero attached hydrogens (tertiary/aromatic N) is 3. The summed E-state index contributed by atoms with van der Waals surface area (Å²) < 4.78 is 2.05. The van der Waals surface area contributed by atoms with Gasteiger partial charge in [0.2, 0.25) is 5.91 Å². The zero-order valence-corrected chi connectivity index (χ0v) is 12.6. The Hall–Kier alpha value is -1.36. The van der Waals surface area contributed by atoms with Gasteiger partial charge in [0.15, 0.2) is 0 Å². The van der Waals surface area contributed by atoms with E-state index >= 15 is 0 Å². The molecule has 108 valence electrons. The van der Waals surface area contributed by atoms with Gasteiger partial charge in [0, 0.05) is 32.8 Å². The van der Waals surface area contributed by atoms with Gasteiger partial charge in [-0.05, 0) is 45.8 Å². The molecule has 1 amide bonds. The Labute approximate surface area is 116 Å². The Kier molecular flexibility index (Phi) is 6.56. The quantitative estimate of drug-likeness (QED) is 0.723. The van der Waals surface area contributed by atoms with Crippen molar-refractivity contribution in [1.82, 2.24) is 20.0 Å². The van der Waals surface area contributed by atoms with Crippen LogP contribution in [-0.2, 0) is 11.3 Å². The summed E-state index contributed by atoms with van der Waals surface area (Å²) in [5.41, 5.74) is 2.29. The van der Waals surface area contributed by atoms with Gasteiger partial charge in [0.1, 0.15) is 0 Å². The van der Waals surface area contributed by atoms with Crippen molar-refractivity contribution >= 4 is 5.91 Å². The van der Waals surface area contributed by atoms with Crippen LogP contribution in [0.4, 0.5) is 0 Å². The first-order valence-electron chi connectivity index (χ1n) is 6.92. The summed E-state index contributed by atoms with van der Waals surface area (Å²) in [6.07, 6.45) is 2.58. The van der Waals surface area contributed by atoms with Crippen LogP contribution >= 0.6 is 0 Å². The van der Waals surface area contributed by atoms with E-state index in [9.17, 15) is 4.79 Å². The highest BCUT2D eigenvalue weighted by Crippen LogP contribution is 2.02. The van der Waals surface area contributed by atoms with Crippen LogP contribution in [0, 0.1) is 13.8 Å². The van der Waals surface area contributed by atoms with Crippen LogP contribution in [0.5, 0.6) is 0 Å². The lowest BCUT2D eigenvalue weighted by Crippen LogP contribution is -2.24. The van der Waals surface area contributed by atoms with E-state index < -0.39 is 0 Å². The summed E-state index contributed by atoms with van der Waals surface area (Å²) in [5.74, 6) is 0.199. The first-order valence-corrected chi connectivity index (χ1v) is 6.92. The molecule has 1 aromatic rings. The van der Waals surface area contributed by atoms with E-state index in [4.69, 9.17) is 0 Å². The van der Waals surface area contributed by atoms with E-state index in [0.29, 0.717) is 6.42 Å². The van der Waals surface area contributed by atoms with Gasteiger partial charge in [0.05, 0.1) is 5.69 Å². The van der Waals surface area contributed by atoms with Gasteiger partial charge >= 0.3 is 0 Å². The Balaban J connectivity index is 2.03. The molecule has 0 spiro atoms. The van der Waals surface area contributed by atoms with Crippen molar-refractivity contribution in [3.8, 4) is 0 Å². The fourth-order valence-electron chi connectivity index (χ4n) is 1.97. The molecule has 19 heavy (non-hydrogen) atoms. The van der Waals surface area contributed by atoms with E-state index in [0.717, 1.165) is 38.2 Å². The van der Waals surface area contributed by atoms with E-state index in [-0.39, 0.29) is 5.91 Å². The smallest absolute Gasteiger partial charge is 0.222 e. The lowest BCUT2D eigenvalue weighted by atomic mass is 10.3. The molecule has 1 rings (SSSR count). The molecule has 0 aliphatic rings. The molecule has 0 radical (unpaired) electrons. The maximum Gasteiger partial charge on any atom is 0.222 e. The molecule has 0 aliphatic heterocycles. The average Bonchev–Trinajstić information content (AvgIpc) is 2.66. The highest BCUT2D eigenvalue weighted by molar-refractivity contribution is 5.75. The predicted octanol–water partition coefficient (Wildman–Crippen LogP) is 1.35. The largest absolute Gasteiger partial charge is 0.349 e. The molecule has 5 heteroatoms. The molecule has 1 N–H and O–H groups in total. The fraction of sp³-hybridized carbons (Fsp3) is 0.714. The molecule has 1 aromatic heterocycles. The monoisotopic (exact) mass is 266 g/mol. The minimum Gasteiger partial charge on any atom is -0.349 e. The van der Waals surface area contributed by atoms with Crippen LogP contribution in [0.1, 0.15) is 30.7 Å². The van der Waals surface area contributed by atoms with Crippen LogP contribution in [0.2, 0.25) is 0 Å². The number of carbonyl (C=O) groups is 1. The van der Waals surface area contributed by atoms with Crippen molar-refractivity contribution < 1.29 is 4.79 Å². The van der Waals surface area contributed by atoms with Crippen LogP contribution in [0.15, 0.2) is 6.07 Å². The average molecular weight is 266 g/mol. The van der Waals surface area contributed by atoms with E-state index in [1.165, 1.54) is 5.69 Å². The molecular formula is C14H26N4O. The second kappa shape index (κ2) is 7.94. The second-order valence-electron chi connectivity index (χ2n) is 5.15. The zero-order chi connectivity index (χ0) is 14.3. The van der Waals surface area contributed by atoms with Crippen LogP contribution in [0.25, 0.3) is 0 Å².